The monoisotopic (exact) mass is 247 g/mol. The van der Waals surface area contributed by atoms with E-state index in [0.717, 1.165) is 19.6 Å². The first-order chi connectivity index (χ1) is 8.70. The molecular formula is C15H25N3. The lowest BCUT2D eigenvalue weighted by Crippen LogP contribution is -2.48. The lowest BCUT2D eigenvalue weighted by molar-refractivity contribution is 0.209. The van der Waals surface area contributed by atoms with Gasteiger partial charge >= 0.3 is 0 Å². The molecule has 0 amide bonds. The van der Waals surface area contributed by atoms with Crippen molar-refractivity contribution < 1.29 is 0 Å². The van der Waals surface area contributed by atoms with Crippen molar-refractivity contribution in [2.24, 2.45) is 0 Å². The van der Waals surface area contributed by atoms with Crippen molar-refractivity contribution in [3.05, 3.63) is 29.8 Å². The fraction of sp³-hybridized carbons (Fsp3) is 0.600. The summed E-state index contributed by atoms with van der Waals surface area (Å²) >= 11 is 0. The Hall–Kier alpha value is -1.06. The quantitative estimate of drug-likeness (QED) is 0.877. The molecular weight excluding hydrogens is 222 g/mol. The molecule has 0 aliphatic carbocycles. The minimum absolute atomic E-state index is 0.671. The van der Waals surface area contributed by atoms with Crippen LogP contribution < -0.4 is 10.2 Å². The van der Waals surface area contributed by atoms with Crippen molar-refractivity contribution in [1.82, 2.24) is 10.2 Å². The molecule has 1 aliphatic rings. The van der Waals surface area contributed by atoms with Crippen LogP contribution >= 0.6 is 0 Å². The van der Waals surface area contributed by atoms with Crippen molar-refractivity contribution >= 4 is 5.69 Å². The van der Waals surface area contributed by atoms with Crippen molar-refractivity contribution in [2.45, 2.75) is 26.4 Å². The van der Waals surface area contributed by atoms with Crippen LogP contribution in [0, 0.1) is 0 Å². The zero-order chi connectivity index (χ0) is 13.0. The van der Waals surface area contributed by atoms with E-state index in [4.69, 9.17) is 0 Å². The Morgan fingerprint density at radius 2 is 1.67 bits per heavy atom. The maximum absolute atomic E-state index is 3.18. The standard InChI is InChI=1S/C15H25N3/c1-13(2)17-8-10-18(11-9-17)15-6-4-14(5-7-15)12-16-3/h4-7,13,16H,8-12H2,1-3H3. The van der Waals surface area contributed by atoms with E-state index in [9.17, 15) is 0 Å². The molecule has 0 bridgehead atoms. The molecule has 1 aromatic carbocycles. The van der Waals surface area contributed by atoms with Crippen molar-refractivity contribution in [1.29, 1.82) is 0 Å². The molecule has 1 aromatic rings. The highest BCUT2D eigenvalue weighted by Crippen LogP contribution is 2.18. The highest BCUT2D eigenvalue weighted by molar-refractivity contribution is 5.48. The molecule has 100 valence electrons. The van der Waals surface area contributed by atoms with Crippen LogP contribution in [0.3, 0.4) is 0 Å². The van der Waals surface area contributed by atoms with Crippen molar-refractivity contribution in [3.8, 4) is 0 Å². The summed E-state index contributed by atoms with van der Waals surface area (Å²) in [5, 5.41) is 3.18. The van der Waals surface area contributed by atoms with Crippen molar-refractivity contribution in [3.63, 3.8) is 0 Å². The number of piperazine rings is 1. The molecule has 0 unspecified atom stereocenters. The lowest BCUT2D eigenvalue weighted by Gasteiger charge is -2.38. The van der Waals surface area contributed by atoms with E-state index < -0.39 is 0 Å². The first-order valence-electron chi connectivity index (χ1n) is 6.93. The highest BCUT2D eigenvalue weighted by atomic mass is 15.3. The second-order valence-corrected chi connectivity index (χ2v) is 5.31. The van der Waals surface area contributed by atoms with Gasteiger partial charge in [-0.2, -0.15) is 0 Å². The van der Waals surface area contributed by atoms with Gasteiger partial charge in [0.1, 0.15) is 0 Å². The average Bonchev–Trinajstić information content (AvgIpc) is 2.40. The van der Waals surface area contributed by atoms with Crippen LogP contribution in [-0.2, 0) is 6.54 Å². The Kier molecular flexibility index (Phi) is 4.61. The Labute approximate surface area is 111 Å². The fourth-order valence-corrected chi connectivity index (χ4v) is 2.53. The molecule has 0 saturated carbocycles. The first-order valence-corrected chi connectivity index (χ1v) is 6.93. The van der Waals surface area contributed by atoms with E-state index in [1.165, 1.54) is 24.3 Å². The molecule has 0 spiro atoms. The third kappa shape index (κ3) is 3.24. The Bertz CT molecular complexity index is 351. The summed E-state index contributed by atoms with van der Waals surface area (Å²) in [6, 6.07) is 9.61. The van der Waals surface area contributed by atoms with Gasteiger partial charge in [0.15, 0.2) is 0 Å². The fourth-order valence-electron chi connectivity index (χ4n) is 2.53. The zero-order valence-electron chi connectivity index (χ0n) is 11.8. The Morgan fingerprint density at radius 3 is 2.17 bits per heavy atom. The summed E-state index contributed by atoms with van der Waals surface area (Å²) in [4.78, 5) is 5.04. The van der Waals surface area contributed by atoms with Crippen LogP contribution in [0.4, 0.5) is 5.69 Å². The third-order valence-electron chi connectivity index (χ3n) is 3.73. The molecule has 2 rings (SSSR count). The Balaban J connectivity index is 1.93. The molecule has 1 N–H and O–H groups in total. The third-order valence-corrected chi connectivity index (χ3v) is 3.73. The van der Waals surface area contributed by atoms with Gasteiger partial charge in [-0.1, -0.05) is 12.1 Å². The van der Waals surface area contributed by atoms with Gasteiger partial charge in [0.2, 0.25) is 0 Å². The number of rotatable bonds is 4. The summed E-state index contributed by atoms with van der Waals surface area (Å²) in [6.07, 6.45) is 0. The second kappa shape index (κ2) is 6.21. The van der Waals surface area contributed by atoms with Crippen LogP contribution in [0.2, 0.25) is 0 Å². The van der Waals surface area contributed by atoms with Gasteiger partial charge < -0.3 is 10.2 Å². The molecule has 3 nitrogen and oxygen atoms in total. The predicted octanol–water partition coefficient (Wildman–Crippen LogP) is 1.94. The minimum Gasteiger partial charge on any atom is -0.369 e. The maximum Gasteiger partial charge on any atom is 0.0367 e. The SMILES string of the molecule is CNCc1ccc(N2CCN(C(C)C)CC2)cc1. The molecule has 0 aromatic heterocycles. The summed E-state index contributed by atoms with van der Waals surface area (Å²) < 4.78 is 0. The molecule has 3 heteroatoms. The minimum atomic E-state index is 0.671. The molecule has 0 radical (unpaired) electrons. The number of hydrogen-bond donors (Lipinski definition) is 1. The highest BCUT2D eigenvalue weighted by Gasteiger charge is 2.18. The second-order valence-electron chi connectivity index (χ2n) is 5.31. The lowest BCUT2D eigenvalue weighted by atomic mass is 10.1. The van der Waals surface area contributed by atoms with E-state index in [0.29, 0.717) is 6.04 Å². The van der Waals surface area contributed by atoms with Crippen LogP contribution in [0.1, 0.15) is 19.4 Å². The van der Waals surface area contributed by atoms with E-state index >= 15 is 0 Å². The number of nitrogens with one attached hydrogen (secondary N) is 1. The van der Waals surface area contributed by atoms with Gasteiger partial charge in [-0.15, -0.1) is 0 Å². The average molecular weight is 247 g/mol. The number of nitrogens with zero attached hydrogens (tertiary/aromatic N) is 2. The topological polar surface area (TPSA) is 18.5 Å². The van der Waals surface area contributed by atoms with Gasteiger partial charge in [0.05, 0.1) is 0 Å². The van der Waals surface area contributed by atoms with Gasteiger partial charge in [0.25, 0.3) is 0 Å². The van der Waals surface area contributed by atoms with Gasteiger partial charge in [0, 0.05) is 44.5 Å². The maximum atomic E-state index is 3.18. The van der Waals surface area contributed by atoms with E-state index in [1.807, 2.05) is 7.05 Å². The van der Waals surface area contributed by atoms with Crippen LogP contribution in [0.15, 0.2) is 24.3 Å². The van der Waals surface area contributed by atoms with Gasteiger partial charge in [-0.3, -0.25) is 4.90 Å². The Morgan fingerprint density at radius 1 is 1.06 bits per heavy atom. The summed E-state index contributed by atoms with van der Waals surface area (Å²) in [6.45, 7) is 10.1. The largest absolute Gasteiger partial charge is 0.369 e. The summed E-state index contributed by atoms with van der Waals surface area (Å²) in [5.41, 5.74) is 2.71. The molecule has 1 heterocycles. The molecule has 18 heavy (non-hydrogen) atoms. The number of benzene rings is 1. The van der Waals surface area contributed by atoms with Gasteiger partial charge in [-0.25, -0.2) is 0 Å². The van der Waals surface area contributed by atoms with Crippen molar-refractivity contribution in [2.75, 3.05) is 38.1 Å². The zero-order valence-corrected chi connectivity index (χ0v) is 11.8. The predicted molar refractivity (Wildman–Crippen MR) is 78.1 cm³/mol. The normalized spacial score (nSPS) is 17.4. The molecule has 1 fully saturated rings. The first kappa shape index (κ1) is 13.4. The molecule has 1 saturated heterocycles. The van der Waals surface area contributed by atoms with E-state index in [-0.39, 0.29) is 0 Å². The van der Waals surface area contributed by atoms with Gasteiger partial charge in [-0.05, 0) is 38.6 Å². The smallest absolute Gasteiger partial charge is 0.0367 e. The van der Waals surface area contributed by atoms with Crippen LogP contribution in [0.5, 0.6) is 0 Å². The number of hydrogen-bond acceptors (Lipinski definition) is 3. The number of anilines is 1. The molecule has 1 aliphatic heterocycles. The molecule has 0 atom stereocenters. The van der Waals surface area contributed by atoms with E-state index in [2.05, 4.69) is 53.2 Å². The van der Waals surface area contributed by atoms with Crippen LogP contribution in [0.25, 0.3) is 0 Å². The van der Waals surface area contributed by atoms with E-state index in [1.54, 1.807) is 0 Å². The summed E-state index contributed by atoms with van der Waals surface area (Å²) in [5.74, 6) is 0. The van der Waals surface area contributed by atoms with Crippen LogP contribution in [-0.4, -0.2) is 44.2 Å². The summed E-state index contributed by atoms with van der Waals surface area (Å²) in [7, 11) is 1.99.